The van der Waals surface area contributed by atoms with Gasteiger partial charge in [-0.05, 0) is 46.3 Å². The largest absolute Gasteiger partial charge is 0.508 e. The van der Waals surface area contributed by atoms with Crippen LogP contribution in [0.25, 0.3) is 22.2 Å². The summed E-state index contributed by atoms with van der Waals surface area (Å²) in [5, 5.41) is 17.6. The second kappa shape index (κ2) is 3.89. The smallest absolute Gasteiger partial charge is 0.115 e. The van der Waals surface area contributed by atoms with Crippen LogP contribution in [0.3, 0.4) is 0 Å². The van der Waals surface area contributed by atoms with Crippen molar-refractivity contribution in [2.75, 3.05) is 0 Å². The summed E-state index contributed by atoms with van der Waals surface area (Å²) in [5.41, 5.74) is 2.88. The number of benzene rings is 2. The summed E-state index contributed by atoms with van der Waals surface area (Å²) in [6.45, 7) is 0. The van der Waals surface area contributed by atoms with Crippen LogP contribution in [-0.4, -0.2) is 15.3 Å². The average molecular weight is 289 g/mol. The molecule has 0 spiro atoms. The van der Waals surface area contributed by atoms with Gasteiger partial charge in [0.25, 0.3) is 0 Å². The molecule has 1 aromatic heterocycles. The van der Waals surface area contributed by atoms with Crippen LogP contribution in [0.1, 0.15) is 0 Å². The maximum atomic E-state index is 9.28. The predicted molar refractivity (Wildman–Crippen MR) is 70.9 cm³/mol. The predicted octanol–water partition coefficient (Wildman–Crippen LogP) is 3.70. The summed E-state index contributed by atoms with van der Waals surface area (Å²) in [5.74, 6) is 0.263. The highest BCUT2D eigenvalue weighted by Gasteiger charge is 2.09. The normalized spacial score (nSPS) is 10.9. The average Bonchev–Trinajstić information content (AvgIpc) is 2.75. The van der Waals surface area contributed by atoms with Gasteiger partial charge in [0.15, 0.2) is 0 Å². The SMILES string of the molecule is Oc1ccc(-c2[nH]nc3c(Br)cccc23)cc1. The minimum absolute atomic E-state index is 0.263. The zero-order chi connectivity index (χ0) is 11.8. The highest BCUT2D eigenvalue weighted by atomic mass is 79.9. The van der Waals surface area contributed by atoms with Gasteiger partial charge in [0.2, 0.25) is 0 Å². The lowest BCUT2D eigenvalue weighted by atomic mass is 10.1. The van der Waals surface area contributed by atoms with E-state index in [2.05, 4.69) is 26.1 Å². The van der Waals surface area contributed by atoms with Gasteiger partial charge in [-0.3, -0.25) is 5.10 Å². The molecular formula is C13H9BrN2O. The van der Waals surface area contributed by atoms with Gasteiger partial charge in [-0.2, -0.15) is 5.10 Å². The Morgan fingerprint density at radius 1 is 1.06 bits per heavy atom. The van der Waals surface area contributed by atoms with Crippen molar-refractivity contribution in [3.8, 4) is 17.0 Å². The molecule has 17 heavy (non-hydrogen) atoms. The van der Waals surface area contributed by atoms with Gasteiger partial charge >= 0.3 is 0 Å². The number of halogens is 1. The van der Waals surface area contributed by atoms with Gasteiger partial charge in [-0.15, -0.1) is 0 Å². The molecule has 0 saturated carbocycles. The van der Waals surface area contributed by atoms with E-state index in [0.29, 0.717) is 0 Å². The van der Waals surface area contributed by atoms with Crippen molar-refractivity contribution in [2.45, 2.75) is 0 Å². The molecule has 0 aliphatic rings. The number of nitrogens with zero attached hydrogens (tertiary/aromatic N) is 1. The number of phenols is 1. The number of aromatic hydroxyl groups is 1. The minimum atomic E-state index is 0.263. The molecule has 0 amide bonds. The third-order valence-electron chi connectivity index (χ3n) is 2.69. The molecule has 0 bridgehead atoms. The Kier molecular flexibility index (Phi) is 2.37. The van der Waals surface area contributed by atoms with E-state index < -0.39 is 0 Å². The summed E-state index contributed by atoms with van der Waals surface area (Å²) in [4.78, 5) is 0. The Balaban J connectivity index is 2.24. The van der Waals surface area contributed by atoms with Gasteiger partial charge < -0.3 is 5.11 Å². The number of aromatic nitrogens is 2. The summed E-state index contributed by atoms with van der Waals surface area (Å²) < 4.78 is 0.969. The van der Waals surface area contributed by atoms with E-state index in [-0.39, 0.29) is 5.75 Å². The molecular weight excluding hydrogens is 280 g/mol. The molecule has 0 aliphatic heterocycles. The topological polar surface area (TPSA) is 48.9 Å². The van der Waals surface area contributed by atoms with Crippen molar-refractivity contribution in [3.05, 3.63) is 46.9 Å². The van der Waals surface area contributed by atoms with Gasteiger partial charge in [-0.25, -0.2) is 0 Å². The summed E-state index contributed by atoms with van der Waals surface area (Å²) >= 11 is 3.47. The van der Waals surface area contributed by atoms with Crippen molar-refractivity contribution in [2.24, 2.45) is 0 Å². The number of fused-ring (bicyclic) bond motifs is 1. The quantitative estimate of drug-likeness (QED) is 0.717. The first kappa shape index (κ1) is 10.4. The van der Waals surface area contributed by atoms with Crippen LogP contribution in [0, 0.1) is 0 Å². The molecule has 3 aromatic rings. The van der Waals surface area contributed by atoms with Crippen molar-refractivity contribution < 1.29 is 5.11 Å². The second-order valence-corrected chi connectivity index (χ2v) is 4.64. The van der Waals surface area contributed by atoms with E-state index in [4.69, 9.17) is 0 Å². The standard InChI is InChI=1S/C13H9BrN2O/c14-11-3-1-2-10-12(15-16-13(10)11)8-4-6-9(17)7-5-8/h1-7,17H,(H,15,16). The monoisotopic (exact) mass is 288 g/mol. The first-order chi connectivity index (χ1) is 8.25. The Bertz CT molecular complexity index is 673. The Morgan fingerprint density at radius 2 is 1.82 bits per heavy atom. The molecule has 0 radical (unpaired) electrons. The van der Waals surface area contributed by atoms with Gasteiger partial charge in [0.05, 0.1) is 5.69 Å². The number of aromatic amines is 1. The van der Waals surface area contributed by atoms with Crippen LogP contribution in [0.4, 0.5) is 0 Å². The lowest BCUT2D eigenvalue weighted by Crippen LogP contribution is -1.77. The van der Waals surface area contributed by atoms with Gasteiger partial charge in [0, 0.05) is 15.4 Å². The van der Waals surface area contributed by atoms with E-state index >= 15 is 0 Å². The number of nitrogens with one attached hydrogen (secondary N) is 1. The van der Waals surface area contributed by atoms with Crippen LogP contribution in [0.2, 0.25) is 0 Å². The first-order valence-electron chi connectivity index (χ1n) is 5.18. The molecule has 1 heterocycles. The molecule has 3 rings (SSSR count). The highest BCUT2D eigenvalue weighted by Crippen LogP contribution is 2.30. The van der Waals surface area contributed by atoms with Crippen LogP contribution in [-0.2, 0) is 0 Å². The molecule has 2 N–H and O–H groups in total. The zero-order valence-electron chi connectivity index (χ0n) is 8.81. The number of H-pyrrole nitrogens is 1. The molecule has 0 fully saturated rings. The molecule has 84 valence electrons. The minimum Gasteiger partial charge on any atom is -0.508 e. The fraction of sp³-hybridized carbons (Fsp3) is 0. The van der Waals surface area contributed by atoms with Crippen molar-refractivity contribution >= 4 is 26.8 Å². The molecule has 2 aromatic carbocycles. The first-order valence-corrected chi connectivity index (χ1v) is 5.97. The zero-order valence-corrected chi connectivity index (χ0v) is 10.4. The molecule has 0 aliphatic carbocycles. The van der Waals surface area contributed by atoms with E-state index in [1.54, 1.807) is 12.1 Å². The van der Waals surface area contributed by atoms with Crippen LogP contribution in [0.15, 0.2) is 46.9 Å². The van der Waals surface area contributed by atoms with Gasteiger partial charge in [0.1, 0.15) is 11.3 Å². The van der Waals surface area contributed by atoms with Crippen LogP contribution in [0.5, 0.6) is 5.75 Å². The molecule has 0 unspecified atom stereocenters. The lowest BCUT2D eigenvalue weighted by molar-refractivity contribution is 0.475. The fourth-order valence-corrected chi connectivity index (χ4v) is 2.31. The van der Waals surface area contributed by atoms with E-state index in [1.165, 1.54) is 0 Å². The maximum Gasteiger partial charge on any atom is 0.115 e. The van der Waals surface area contributed by atoms with Crippen LogP contribution >= 0.6 is 15.9 Å². The second-order valence-electron chi connectivity index (χ2n) is 3.78. The third-order valence-corrected chi connectivity index (χ3v) is 3.33. The highest BCUT2D eigenvalue weighted by molar-refractivity contribution is 9.10. The summed E-state index contributed by atoms with van der Waals surface area (Å²) in [6, 6.07) is 13.0. The number of rotatable bonds is 1. The lowest BCUT2D eigenvalue weighted by Gasteiger charge is -1.99. The van der Waals surface area contributed by atoms with Crippen molar-refractivity contribution in [1.82, 2.24) is 10.2 Å². The Labute approximate surface area is 106 Å². The third kappa shape index (κ3) is 1.70. The molecule has 4 heteroatoms. The van der Waals surface area contributed by atoms with Crippen molar-refractivity contribution in [3.63, 3.8) is 0 Å². The number of hydrogen-bond donors (Lipinski definition) is 2. The molecule has 0 atom stereocenters. The number of hydrogen-bond acceptors (Lipinski definition) is 2. The maximum absolute atomic E-state index is 9.28. The molecule has 3 nitrogen and oxygen atoms in total. The summed E-state index contributed by atoms with van der Waals surface area (Å²) in [7, 11) is 0. The Morgan fingerprint density at radius 3 is 2.59 bits per heavy atom. The summed E-state index contributed by atoms with van der Waals surface area (Å²) in [6.07, 6.45) is 0. The van der Waals surface area contributed by atoms with Crippen LogP contribution < -0.4 is 0 Å². The molecule has 0 saturated heterocycles. The van der Waals surface area contributed by atoms with E-state index in [9.17, 15) is 5.11 Å². The van der Waals surface area contributed by atoms with E-state index in [1.807, 2.05) is 30.3 Å². The Hall–Kier alpha value is -1.81. The number of para-hydroxylation sites is 1. The van der Waals surface area contributed by atoms with Gasteiger partial charge in [-0.1, -0.05) is 12.1 Å². The number of phenolic OH excluding ortho intramolecular Hbond substituents is 1. The fourth-order valence-electron chi connectivity index (χ4n) is 1.85. The van der Waals surface area contributed by atoms with E-state index in [0.717, 1.165) is 26.6 Å². The van der Waals surface area contributed by atoms with Crippen molar-refractivity contribution in [1.29, 1.82) is 0 Å².